The predicted octanol–water partition coefficient (Wildman–Crippen LogP) is 3.42. The Morgan fingerprint density at radius 2 is 1.94 bits per heavy atom. The quantitative estimate of drug-likeness (QED) is 0.828. The smallest absolute Gasteiger partial charge is 0.224 e. The molecule has 1 N–H and O–H groups in total. The van der Waals surface area contributed by atoms with E-state index < -0.39 is 0 Å². The fourth-order valence-corrected chi connectivity index (χ4v) is 2.06. The lowest BCUT2D eigenvalue weighted by atomic mass is 10.1. The van der Waals surface area contributed by atoms with E-state index in [4.69, 9.17) is 11.6 Å². The topological polar surface area (TPSA) is 29.1 Å². The lowest BCUT2D eigenvalue weighted by Crippen LogP contribution is -2.38. The number of halogens is 2. The van der Waals surface area contributed by atoms with E-state index in [2.05, 4.69) is 28.2 Å². The first-order chi connectivity index (χ1) is 8.02. The molecule has 0 aliphatic carbocycles. The van der Waals surface area contributed by atoms with Gasteiger partial charge in [0.25, 0.3) is 0 Å². The minimum atomic E-state index is 0.0487. The molecule has 94 valence electrons. The van der Waals surface area contributed by atoms with Crippen LogP contribution in [0.25, 0.3) is 0 Å². The molecule has 1 aromatic rings. The maximum atomic E-state index is 11.8. The first-order valence-electron chi connectivity index (χ1n) is 5.62. The number of hydrogen-bond acceptors (Lipinski definition) is 1. The summed E-state index contributed by atoms with van der Waals surface area (Å²) in [5, 5.41) is 4.57. The number of hydrogen-bond donors (Lipinski definition) is 1. The van der Waals surface area contributed by atoms with Crippen LogP contribution in [-0.2, 0) is 11.2 Å². The van der Waals surface area contributed by atoms with Gasteiger partial charge in [0.05, 0.1) is 6.42 Å². The van der Waals surface area contributed by atoms with Crippen LogP contribution in [0.3, 0.4) is 0 Å². The van der Waals surface area contributed by atoms with Gasteiger partial charge in [-0.15, -0.1) is 0 Å². The maximum absolute atomic E-state index is 11.8. The molecule has 0 radical (unpaired) electrons. The van der Waals surface area contributed by atoms with Gasteiger partial charge in [-0.3, -0.25) is 4.79 Å². The number of alkyl halides is 1. The highest BCUT2D eigenvalue weighted by atomic mass is 79.9. The standard InChI is InChI=1S/C13H17BrClNO/c1-9(8-14)10(2)16-13(17)7-11-3-5-12(15)6-4-11/h3-6,9-10H,7-8H2,1-2H3,(H,16,17). The third kappa shape index (κ3) is 5.09. The van der Waals surface area contributed by atoms with Gasteiger partial charge >= 0.3 is 0 Å². The molecule has 1 amide bonds. The van der Waals surface area contributed by atoms with Crippen LogP contribution in [0.5, 0.6) is 0 Å². The van der Waals surface area contributed by atoms with Gasteiger partial charge in [-0.05, 0) is 30.5 Å². The van der Waals surface area contributed by atoms with E-state index >= 15 is 0 Å². The summed E-state index contributed by atoms with van der Waals surface area (Å²) in [7, 11) is 0. The number of benzene rings is 1. The Morgan fingerprint density at radius 3 is 2.47 bits per heavy atom. The van der Waals surface area contributed by atoms with Crippen molar-refractivity contribution < 1.29 is 4.79 Å². The van der Waals surface area contributed by atoms with Crippen LogP contribution in [-0.4, -0.2) is 17.3 Å². The molecular weight excluding hydrogens is 302 g/mol. The maximum Gasteiger partial charge on any atom is 0.224 e. The highest BCUT2D eigenvalue weighted by Gasteiger charge is 2.13. The van der Waals surface area contributed by atoms with Crippen LogP contribution in [0, 0.1) is 5.92 Å². The first-order valence-corrected chi connectivity index (χ1v) is 7.12. The van der Waals surface area contributed by atoms with Crippen molar-refractivity contribution in [3.05, 3.63) is 34.9 Å². The molecule has 0 aromatic heterocycles. The molecule has 1 rings (SSSR count). The van der Waals surface area contributed by atoms with Crippen LogP contribution >= 0.6 is 27.5 Å². The van der Waals surface area contributed by atoms with E-state index in [0.29, 0.717) is 17.4 Å². The molecule has 2 unspecified atom stereocenters. The summed E-state index contributed by atoms with van der Waals surface area (Å²) in [6, 6.07) is 7.53. The second-order valence-electron chi connectivity index (χ2n) is 4.29. The van der Waals surface area contributed by atoms with Crippen molar-refractivity contribution in [3.8, 4) is 0 Å². The van der Waals surface area contributed by atoms with Crippen LogP contribution in [0.4, 0.5) is 0 Å². The number of carbonyl (C=O) groups is 1. The SMILES string of the molecule is CC(CBr)C(C)NC(=O)Cc1ccc(Cl)cc1. The molecule has 0 fully saturated rings. The fourth-order valence-electron chi connectivity index (χ4n) is 1.37. The molecule has 4 heteroatoms. The molecule has 1 aromatic carbocycles. The molecule has 0 heterocycles. The minimum absolute atomic E-state index is 0.0487. The molecule has 17 heavy (non-hydrogen) atoms. The van der Waals surface area contributed by atoms with Crippen LogP contribution in [0.2, 0.25) is 5.02 Å². The predicted molar refractivity (Wildman–Crippen MR) is 75.7 cm³/mol. The fraction of sp³-hybridized carbons (Fsp3) is 0.462. The van der Waals surface area contributed by atoms with Gasteiger partial charge in [0.15, 0.2) is 0 Å². The lowest BCUT2D eigenvalue weighted by molar-refractivity contribution is -0.121. The molecule has 2 atom stereocenters. The van der Waals surface area contributed by atoms with Gasteiger partial charge in [-0.1, -0.05) is 46.6 Å². The van der Waals surface area contributed by atoms with E-state index in [1.165, 1.54) is 0 Å². The van der Waals surface area contributed by atoms with Crippen LogP contribution in [0.15, 0.2) is 24.3 Å². The second-order valence-corrected chi connectivity index (χ2v) is 5.37. The van der Waals surface area contributed by atoms with Crippen molar-refractivity contribution in [1.82, 2.24) is 5.32 Å². The Kier molecular flexibility index (Phi) is 6.00. The lowest BCUT2D eigenvalue weighted by Gasteiger charge is -2.19. The van der Waals surface area contributed by atoms with Crippen molar-refractivity contribution in [2.24, 2.45) is 5.92 Å². The Hall–Kier alpha value is -0.540. The van der Waals surface area contributed by atoms with Gasteiger partial charge in [-0.2, -0.15) is 0 Å². The number of amides is 1. The Labute approximate surface area is 116 Å². The average molecular weight is 319 g/mol. The first kappa shape index (κ1) is 14.5. The largest absolute Gasteiger partial charge is 0.353 e. The van der Waals surface area contributed by atoms with Crippen LogP contribution in [0.1, 0.15) is 19.4 Å². The van der Waals surface area contributed by atoms with Gasteiger partial charge in [-0.25, -0.2) is 0 Å². The van der Waals surface area contributed by atoms with Crippen LogP contribution < -0.4 is 5.32 Å². The molecular formula is C13H17BrClNO. The van der Waals surface area contributed by atoms with E-state index in [9.17, 15) is 4.79 Å². The molecule has 0 saturated heterocycles. The monoisotopic (exact) mass is 317 g/mol. The zero-order valence-corrected chi connectivity index (χ0v) is 12.4. The highest BCUT2D eigenvalue weighted by Crippen LogP contribution is 2.10. The summed E-state index contributed by atoms with van der Waals surface area (Å²) in [5.41, 5.74) is 0.977. The third-order valence-corrected chi connectivity index (χ3v) is 4.04. The highest BCUT2D eigenvalue weighted by molar-refractivity contribution is 9.09. The Balaban J connectivity index is 2.47. The minimum Gasteiger partial charge on any atom is -0.353 e. The molecule has 0 spiro atoms. The van der Waals surface area contributed by atoms with E-state index in [-0.39, 0.29) is 11.9 Å². The summed E-state index contributed by atoms with van der Waals surface area (Å²) in [6.45, 7) is 4.12. The Bertz CT molecular complexity index is 366. The number of nitrogens with one attached hydrogen (secondary N) is 1. The van der Waals surface area contributed by atoms with Crippen molar-refractivity contribution in [2.45, 2.75) is 26.3 Å². The van der Waals surface area contributed by atoms with E-state index in [1.54, 1.807) is 12.1 Å². The summed E-state index contributed by atoms with van der Waals surface area (Å²) in [4.78, 5) is 11.8. The number of carbonyl (C=O) groups excluding carboxylic acids is 1. The molecule has 0 aliphatic heterocycles. The molecule has 0 bridgehead atoms. The van der Waals surface area contributed by atoms with Gasteiger partial charge in [0.2, 0.25) is 5.91 Å². The van der Waals surface area contributed by atoms with Crippen molar-refractivity contribution in [1.29, 1.82) is 0 Å². The van der Waals surface area contributed by atoms with Gasteiger partial charge < -0.3 is 5.32 Å². The van der Waals surface area contributed by atoms with Crippen molar-refractivity contribution in [3.63, 3.8) is 0 Å². The van der Waals surface area contributed by atoms with Gasteiger partial charge in [0.1, 0.15) is 0 Å². The average Bonchev–Trinajstić information content (AvgIpc) is 2.30. The molecule has 2 nitrogen and oxygen atoms in total. The zero-order chi connectivity index (χ0) is 12.8. The molecule has 0 aliphatic rings. The normalized spacial score (nSPS) is 14.1. The summed E-state index contributed by atoms with van der Waals surface area (Å²) < 4.78 is 0. The van der Waals surface area contributed by atoms with Crippen molar-refractivity contribution >= 4 is 33.4 Å². The second kappa shape index (κ2) is 7.02. The third-order valence-electron chi connectivity index (χ3n) is 2.76. The summed E-state index contributed by atoms with van der Waals surface area (Å²) in [5.74, 6) is 0.469. The molecule has 0 saturated carbocycles. The zero-order valence-electron chi connectivity index (χ0n) is 10.0. The Morgan fingerprint density at radius 1 is 1.35 bits per heavy atom. The summed E-state index contributed by atoms with van der Waals surface area (Å²) in [6.07, 6.45) is 0.399. The number of rotatable bonds is 5. The van der Waals surface area contributed by atoms with Crippen molar-refractivity contribution in [2.75, 3.05) is 5.33 Å². The summed E-state index contributed by atoms with van der Waals surface area (Å²) >= 11 is 9.20. The van der Waals surface area contributed by atoms with E-state index in [0.717, 1.165) is 10.9 Å². The van der Waals surface area contributed by atoms with E-state index in [1.807, 2.05) is 19.1 Å². The van der Waals surface area contributed by atoms with Gasteiger partial charge in [0, 0.05) is 16.4 Å².